The molecule has 0 bridgehead atoms. The van der Waals surface area contributed by atoms with E-state index in [0.717, 1.165) is 6.07 Å². The number of nitrogens with zero attached hydrogens (tertiary/aromatic N) is 3. The van der Waals surface area contributed by atoms with Gasteiger partial charge in [0, 0.05) is 33.1 Å². The Morgan fingerprint density at radius 3 is 2.52 bits per heavy atom. The van der Waals surface area contributed by atoms with Gasteiger partial charge in [-0.05, 0) is 25.5 Å². The fourth-order valence-corrected chi connectivity index (χ4v) is 3.90. The van der Waals surface area contributed by atoms with Crippen LogP contribution in [0.15, 0.2) is 35.5 Å². The molecule has 0 aliphatic carbocycles. The zero-order valence-electron chi connectivity index (χ0n) is 17.6. The normalized spacial score (nSPS) is 19.0. The Bertz CT molecular complexity index is 929. The molecule has 1 aromatic rings. The second-order valence-corrected chi connectivity index (χ2v) is 7.46. The van der Waals surface area contributed by atoms with Crippen molar-refractivity contribution in [1.82, 2.24) is 20.0 Å². The van der Waals surface area contributed by atoms with Crippen molar-refractivity contribution in [3.63, 3.8) is 0 Å². The van der Waals surface area contributed by atoms with Crippen LogP contribution >= 0.6 is 0 Å². The van der Waals surface area contributed by atoms with Crippen molar-refractivity contribution < 1.29 is 27.6 Å². The number of rotatable bonds is 6. The molecule has 3 rings (SSSR count). The molecule has 4 amide bonds. The molecule has 1 unspecified atom stereocenters. The molecular weight excluding hydrogens is 413 g/mol. The molecule has 0 aromatic heterocycles. The van der Waals surface area contributed by atoms with E-state index < -0.39 is 29.7 Å². The number of hydrogen-bond donors (Lipinski definition) is 1. The molecular formula is C21H25F3N4O3. The van der Waals surface area contributed by atoms with Gasteiger partial charge >= 0.3 is 12.2 Å². The third-order valence-electron chi connectivity index (χ3n) is 5.69. The second-order valence-electron chi connectivity index (χ2n) is 7.46. The van der Waals surface area contributed by atoms with Crippen LogP contribution in [0.25, 0.3) is 0 Å². The number of likely N-dealkylation sites (N-methyl/N-ethyl adjacent to an activating group) is 1. The topological polar surface area (TPSA) is 73.0 Å². The quantitative estimate of drug-likeness (QED) is 0.743. The van der Waals surface area contributed by atoms with Crippen LogP contribution in [0.1, 0.15) is 37.4 Å². The molecule has 0 fully saturated rings. The third kappa shape index (κ3) is 4.24. The molecule has 7 nitrogen and oxygen atoms in total. The van der Waals surface area contributed by atoms with Crippen molar-refractivity contribution in [1.29, 1.82) is 0 Å². The summed E-state index contributed by atoms with van der Waals surface area (Å²) < 4.78 is 40.8. The summed E-state index contributed by atoms with van der Waals surface area (Å²) in [4.78, 5) is 42.3. The van der Waals surface area contributed by atoms with Crippen molar-refractivity contribution in [2.24, 2.45) is 0 Å². The summed E-state index contributed by atoms with van der Waals surface area (Å²) in [5, 5.41) is 2.57. The van der Waals surface area contributed by atoms with E-state index in [1.54, 1.807) is 14.0 Å². The van der Waals surface area contributed by atoms with Gasteiger partial charge in [0.15, 0.2) is 0 Å². The van der Waals surface area contributed by atoms with E-state index in [-0.39, 0.29) is 43.1 Å². The van der Waals surface area contributed by atoms with E-state index in [2.05, 4.69) is 5.32 Å². The van der Waals surface area contributed by atoms with Crippen LogP contribution in [0, 0.1) is 0 Å². The van der Waals surface area contributed by atoms with Gasteiger partial charge in [0.1, 0.15) is 0 Å². The van der Waals surface area contributed by atoms with Gasteiger partial charge in [-0.3, -0.25) is 14.5 Å². The minimum atomic E-state index is -4.64. The standard InChI is InChI=1S/C21H25F3N4O3/c1-4-26(3)16(29)10-11-27-12-15-17(19(27)30)18(25-20(31)28(15)5-2)13-8-6-7-9-14(13)21(22,23)24/h6-9,18H,4-5,10-12H2,1-3H3,(H,25,31). The maximum Gasteiger partial charge on any atom is 0.416 e. The van der Waals surface area contributed by atoms with Crippen LogP contribution in [-0.4, -0.2) is 65.8 Å². The average Bonchev–Trinajstić information content (AvgIpc) is 3.06. The van der Waals surface area contributed by atoms with E-state index in [0.29, 0.717) is 12.2 Å². The zero-order valence-corrected chi connectivity index (χ0v) is 17.6. The van der Waals surface area contributed by atoms with E-state index in [1.165, 1.54) is 32.9 Å². The highest BCUT2D eigenvalue weighted by molar-refractivity contribution is 6.01. The SMILES string of the molecule is CCN(C)C(=O)CCN1CC2=C(C1=O)C(c1ccccc1C(F)(F)F)NC(=O)N2CC. The molecule has 2 heterocycles. The molecule has 0 radical (unpaired) electrons. The molecule has 1 atom stereocenters. The van der Waals surface area contributed by atoms with Crippen LogP contribution in [0.2, 0.25) is 0 Å². The fourth-order valence-electron chi connectivity index (χ4n) is 3.90. The van der Waals surface area contributed by atoms with E-state index in [4.69, 9.17) is 0 Å². The van der Waals surface area contributed by atoms with Gasteiger partial charge in [-0.25, -0.2) is 4.79 Å². The van der Waals surface area contributed by atoms with E-state index in [1.807, 2.05) is 6.92 Å². The summed E-state index contributed by atoms with van der Waals surface area (Å²) in [5.41, 5.74) is -0.573. The Labute approximate surface area is 178 Å². The lowest BCUT2D eigenvalue weighted by Gasteiger charge is -2.33. The highest BCUT2D eigenvalue weighted by Gasteiger charge is 2.46. The first-order valence-corrected chi connectivity index (χ1v) is 10.1. The predicted molar refractivity (Wildman–Crippen MR) is 107 cm³/mol. The number of urea groups is 1. The number of alkyl halides is 3. The van der Waals surface area contributed by atoms with Crippen molar-refractivity contribution >= 4 is 17.8 Å². The molecule has 31 heavy (non-hydrogen) atoms. The predicted octanol–water partition coefficient (Wildman–Crippen LogP) is 2.76. The van der Waals surface area contributed by atoms with Gasteiger partial charge in [-0.15, -0.1) is 0 Å². The first kappa shape index (κ1) is 22.6. The summed E-state index contributed by atoms with van der Waals surface area (Å²) in [6.07, 6.45) is -4.55. The number of nitrogens with one attached hydrogen (secondary N) is 1. The second kappa shape index (κ2) is 8.60. The molecule has 0 spiro atoms. The maximum absolute atomic E-state index is 13.6. The van der Waals surface area contributed by atoms with E-state index >= 15 is 0 Å². The van der Waals surface area contributed by atoms with Gasteiger partial charge in [0.2, 0.25) is 5.91 Å². The molecule has 2 aliphatic heterocycles. The molecule has 1 N–H and O–H groups in total. The number of carbonyl (C=O) groups excluding carboxylic acids is 3. The van der Waals surface area contributed by atoms with Gasteiger partial charge in [-0.2, -0.15) is 13.2 Å². The Morgan fingerprint density at radius 1 is 1.23 bits per heavy atom. The largest absolute Gasteiger partial charge is 0.416 e. The number of halogens is 3. The van der Waals surface area contributed by atoms with Gasteiger partial charge in [0.05, 0.1) is 29.4 Å². The number of benzene rings is 1. The summed E-state index contributed by atoms with van der Waals surface area (Å²) in [6, 6.07) is 3.15. The van der Waals surface area contributed by atoms with Crippen LogP contribution in [0.4, 0.5) is 18.0 Å². The fraction of sp³-hybridized carbons (Fsp3) is 0.476. The average molecular weight is 438 g/mol. The molecule has 1 aromatic carbocycles. The molecule has 10 heteroatoms. The third-order valence-corrected chi connectivity index (χ3v) is 5.69. The first-order valence-electron chi connectivity index (χ1n) is 10.1. The van der Waals surface area contributed by atoms with Crippen LogP contribution in [0.3, 0.4) is 0 Å². The minimum Gasteiger partial charge on any atom is -0.346 e. The van der Waals surface area contributed by atoms with Crippen LogP contribution in [-0.2, 0) is 15.8 Å². The van der Waals surface area contributed by atoms with Crippen molar-refractivity contribution in [3.8, 4) is 0 Å². The first-order chi connectivity index (χ1) is 14.6. The highest BCUT2D eigenvalue weighted by Crippen LogP contribution is 2.41. The summed E-state index contributed by atoms with van der Waals surface area (Å²) in [5.74, 6) is -0.608. The monoisotopic (exact) mass is 438 g/mol. The molecule has 168 valence electrons. The summed E-state index contributed by atoms with van der Waals surface area (Å²) >= 11 is 0. The van der Waals surface area contributed by atoms with E-state index in [9.17, 15) is 27.6 Å². The van der Waals surface area contributed by atoms with Crippen molar-refractivity contribution in [2.75, 3.05) is 33.2 Å². The lowest BCUT2D eigenvalue weighted by Crippen LogP contribution is -2.47. The molecule has 2 aliphatic rings. The number of amides is 4. The lowest BCUT2D eigenvalue weighted by atomic mass is 9.91. The van der Waals surface area contributed by atoms with Gasteiger partial charge < -0.3 is 15.1 Å². The number of hydrogen-bond acceptors (Lipinski definition) is 3. The van der Waals surface area contributed by atoms with Crippen LogP contribution < -0.4 is 5.32 Å². The van der Waals surface area contributed by atoms with Gasteiger partial charge in [-0.1, -0.05) is 18.2 Å². The summed E-state index contributed by atoms with van der Waals surface area (Å²) in [7, 11) is 1.66. The minimum absolute atomic E-state index is 0.0726. The zero-order chi connectivity index (χ0) is 22.9. The summed E-state index contributed by atoms with van der Waals surface area (Å²) in [6.45, 7) is 4.54. The smallest absolute Gasteiger partial charge is 0.346 e. The Morgan fingerprint density at radius 2 is 1.90 bits per heavy atom. The van der Waals surface area contributed by atoms with Gasteiger partial charge in [0.25, 0.3) is 5.91 Å². The molecule has 0 saturated heterocycles. The molecule has 0 saturated carbocycles. The van der Waals surface area contributed by atoms with Crippen molar-refractivity contribution in [3.05, 3.63) is 46.7 Å². The van der Waals surface area contributed by atoms with Crippen molar-refractivity contribution in [2.45, 2.75) is 32.5 Å². The Hall–Kier alpha value is -3.04. The Balaban J connectivity index is 1.96. The lowest BCUT2D eigenvalue weighted by molar-refractivity contribution is -0.138. The van der Waals surface area contributed by atoms with Crippen LogP contribution in [0.5, 0.6) is 0 Å². The maximum atomic E-state index is 13.6. The highest BCUT2D eigenvalue weighted by atomic mass is 19.4. The number of carbonyl (C=O) groups is 3. The Kier molecular flexibility index (Phi) is 6.28.